The van der Waals surface area contributed by atoms with Crippen LogP contribution in [-0.2, 0) is 0 Å². The molecule has 1 aliphatic carbocycles. The highest BCUT2D eigenvalue weighted by Crippen LogP contribution is 2.42. The SMILES string of the molecule is CC.CC.CCC1CC(CC(CCC2CCNCC2)CC2CCN2)C1. The van der Waals surface area contributed by atoms with E-state index in [2.05, 4.69) is 17.6 Å². The van der Waals surface area contributed by atoms with Crippen molar-refractivity contribution in [1.82, 2.24) is 10.6 Å². The van der Waals surface area contributed by atoms with E-state index in [-0.39, 0.29) is 0 Å². The summed E-state index contributed by atoms with van der Waals surface area (Å²) in [6.45, 7) is 14.2. The molecule has 150 valence electrons. The summed E-state index contributed by atoms with van der Waals surface area (Å²) in [5.74, 6) is 4.18. The van der Waals surface area contributed by atoms with Crippen LogP contribution in [0.25, 0.3) is 0 Å². The van der Waals surface area contributed by atoms with Crippen molar-refractivity contribution in [3.05, 3.63) is 0 Å². The summed E-state index contributed by atoms with van der Waals surface area (Å²) in [5, 5.41) is 7.14. The number of hydrogen-bond donors (Lipinski definition) is 2. The standard InChI is InChI=1S/C19H36N2.2C2H6/c1-2-15-11-18(12-15)13-17(14-19-7-10-21-19)4-3-16-5-8-20-9-6-16;2*1-2/h15-21H,2-14H2,1H3;2*1-2H3. The quantitative estimate of drug-likeness (QED) is 0.558. The van der Waals surface area contributed by atoms with Gasteiger partial charge in [-0.2, -0.15) is 0 Å². The van der Waals surface area contributed by atoms with Gasteiger partial charge in [-0.05, 0) is 88.3 Å². The van der Waals surface area contributed by atoms with Crippen LogP contribution in [0.2, 0.25) is 0 Å². The van der Waals surface area contributed by atoms with Gasteiger partial charge in [0.25, 0.3) is 0 Å². The zero-order valence-corrected chi connectivity index (χ0v) is 18.1. The monoisotopic (exact) mass is 352 g/mol. The maximum absolute atomic E-state index is 3.63. The van der Waals surface area contributed by atoms with Crippen molar-refractivity contribution in [2.75, 3.05) is 19.6 Å². The molecule has 2 heteroatoms. The maximum Gasteiger partial charge on any atom is 0.00817 e. The predicted octanol–water partition coefficient (Wildman–Crippen LogP) is 6.01. The second-order valence-corrected chi connectivity index (χ2v) is 8.16. The van der Waals surface area contributed by atoms with E-state index in [0.29, 0.717) is 0 Å². The lowest BCUT2D eigenvalue weighted by molar-refractivity contribution is 0.135. The molecule has 0 radical (unpaired) electrons. The maximum atomic E-state index is 3.63. The Labute approximate surface area is 159 Å². The summed E-state index contributed by atoms with van der Waals surface area (Å²) < 4.78 is 0. The van der Waals surface area contributed by atoms with Crippen LogP contribution in [0.3, 0.4) is 0 Å². The van der Waals surface area contributed by atoms with E-state index >= 15 is 0 Å². The van der Waals surface area contributed by atoms with Gasteiger partial charge >= 0.3 is 0 Å². The Hall–Kier alpha value is -0.0800. The van der Waals surface area contributed by atoms with Crippen LogP contribution in [0.5, 0.6) is 0 Å². The molecule has 2 nitrogen and oxygen atoms in total. The minimum absolute atomic E-state index is 0.866. The molecule has 2 unspecified atom stereocenters. The molecule has 2 aliphatic heterocycles. The van der Waals surface area contributed by atoms with Gasteiger partial charge in [-0.25, -0.2) is 0 Å². The Morgan fingerprint density at radius 2 is 1.44 bits per heavy atom. The van der Waals surface area contributed by atoms with Crippen LogP contribution in [0.4, 0.5) is 0 Å². The third kappa shape index (κ3) is 8.43. The van der Waals surface area contributed by atoms with Gasteiger partial charge in [-0.15, -0.1) is 0 Å². The second-order valence-electron chi connectivity index (χ2n) is 8.16. The first-order chi connectivity index (χ1) is 12.3. The fraction of sp³-hybridized carbons (Fsp3) is 1.00. The molecule has 0 aromatic rings. The van der Waals surface area contributed by atoms with E-state index in [1.54, 1.807) is 19.3 Å². The second kappa shape index (κ2) is 14.0. The Morgan fingerprint density at radius 1 is 0.800 bits per heavy atom. The molecule has 2 N–H and O–H groups in total. The molecule has 0 aromatic carbocycles. The molecule has 0 bridgehead atoms. The van der Waals surface area contributed by atoms with Crippen LogP contribution >= 0.6 is 0 Å². The fourth-order valence-electron chi connectivity index (χ4n) is 4.80. The molecule has 2 atom stereocenters. The summed E-state index contributed by atoms with van der Waals surface area (Å²) in [7, 11) is 0. The lowest BCUT2D eigenvalue weighted by atomic mass is 9.68. The van der Waals surface area contributed by atoms with Gasteiger partial charge < -0.3 is 10.6 Å². The molecular formula is C23H48N2. The predicted molar refractivity (Wildman–Crippen MR) is 113 cm³/mol. The van der Waals surface area contributed by atoms with Crippen LogP contribution < -0.4 is 10.6 Å². The molecular weight excluding hydrogens is 304 g/mol. The Morgan fingerprint density at radius 3 is 1.96 bits per heavy atom. The zero-order valence-electron chi connectivity index (χ0n) is 18.1. The summed E-state index contributed by atoms with van der Waals surface area (Å²) in [5.41, 5.74) is 0. The number of rotatable bonds is 8. The van der Waals surface area contributed by atoms with E-state index in [1.165, 1.54) is 64.6 Å². The smallest absolute Gasteiger partial charge is 0.00817 e. The average molecular weight is 353 g/mol. The lowest BCUT2D eigenvalue weighted by Gasteiger charge is -2.39. The van der Waals surface area contributed by atoms with E-state index in [9.17, 15) is 0 Å². The van der Waals surface area contributed by atoms with Crippen molar-refractivity contribution in [2.45, 2.75) is 105 Å². The van der Waals surface area contributed by atoms with Gasteiger partial charge in [0.15, 0.2) is 0 Å². The summed E-state index contributed by atoms with van der Waals surface area (Å²) in [4.78, 5) is 0. The third-order valence-electron chi connectivity index (χ3n) is 6.56. The highest BCUT2D eigenvalue weighted by Gasteiger charge is 2.31. The topological polar surface area (TPSA) is 24.1 Å². The van der Waals surface area contributed by atoms with E-state index in [4.69, 9.17) is 0 Å². The molecule has 3 aliphatic rings. The molecule has 25 heavy (non-hydrogen) atoms. The van der Waals surface area contributed by atoms with Crippen LogP contribution in [0.1, 0.15) is 98.8 Å². The fourth-order valence-corrected chi connectivity index (χ4v) is 4.80. The molecule has 0 aromatic heterocycles. The molecule has 3 rings (SSSR count). The van der Waals surface area contributed by atoms with Crippen molar-refractivity contribution in [2.24, 2.45) is 23.7 Å². The average Bonchev–Trinajstić information content (AvgIpc) is 2.62. The van der Waals surface area contributed by atoms with Gasteiger partial charge in [-0.1, -0.05) is 53.9 Å². The highest BCUT2D eigenvalue weighted by molar-refractivity contribution is 4.85. The van der Waals surface area contributed by atoms with Crippen molar-refractivity contribution >= 4 is 0 Å². The summed E-state index contributed by atoms with van der Waals surface area (Å²) in [6, 6.07) is 0.866. The first kappa shape index (κ1) is 23.0. The molecule has 0 amide bonds. The van der Waals surface area contributed by atoms with Crippen molar-refractivity contribution in [3.8, 4) is 0 Å². The molecule has 2 heterocycles. The molecule has 1 saturated carbocycles. The lowest BCUT2D eigenvalue weighted by Crippen LogP contribution is -2.44. The summed E-state index contributed by atoms with van der Waals surface area (Å²) >= 11 is 0. The minimum Gasteiger partial charge on any atom is -0.317 e. The van der Waals surface area contributed by atoms with E-state index in [1.807, 2.05) is 27.7 Å². The molecule has 3 fully saturated rings. The van der Waals surface area contributed by atoms with E-state index < -0.39 is 0 Å². The van der Waals surface area contributed by atoms with Crippen molar-refractivity contribution < 1.29 is 0 Å². The largest absolute Gasteiger partial charge is 0.317 e. The van der Waals surface area contributed by atoms with Crippen LogP contribution in [0, 0.1) is 23.7 Å². The normalized spacial score (nSPS) is 29.9. The van der Waals surface area contributed by atoms with Gasteiger partial charge in [0, 0.05) is 6.04 Å². The Bertz CT molecular complexity index is 288. The van der Waals surface area contributed by atoms with Gasteiger partial charge in [-0.3, -0.25) is 0 Å². The third-order valence-corrected chi connectivity index (χ3v) is 6.56. The number of nitrogens with one attached hydrogen (secondary N) is 2. The molecule has 2 saturated heterocycles. The van der Waals surface area contributed by atoms with Gasteiger partial charge in [0.1, 0.15) is 0 Å². The van der Waals surface area contributed by atoms with Gasteiger partial charge in [0.2, 0.25) is 0 Å². The van der Waals surface area contributed by atoms with Gasteiger partial charge in [0.05, 0.1) is 0 Å². The highest BCUT2D eigenvalue weighted by atomic mass is 15.0. The summed E-state index contributed by atoms with van der Waals surface area (Å²) in [6.07, 6.45) is 14.8. The minimum atomic E-state index is 0.866. The van der Waals surface area contributed by atoms with Crippen molar-refractivity contribution in [3.63, 3.8) is 0 Å². The van der Waals surface area contributed by atoms with Crippen LogP contribution in [-0.4, -0.2) is 25.7 Å². The number of piperidine rings is 1. The van der Waals surface area contributed by atoms with Crippen LogP contribution in [0.15, 0.2) is 0 Å². The number of hydrogen-bond acceptors (Lipinski definition) is 2. The zero-order chi connectivity index (χ0) is 18.5. The van der Waals surface area contributed by atoms with Crippen molar-refractivity contribution in [1.29, 1.82) is 0 Å². The first-order valence-electron chi connectivity index (χ1n) is 11.8. The molecule has 0 spiro atoms. The Balaban J connectivity index is 0.000000730. The van der Waals surface area contributed by atoms with E-state index in [0.717, 1.165) is 29.7 Å². The Kier molecular flexibility index (Phi) is 12.9. The first-order valence-corrected chi connectivity index (χ1v) is 11.8.